The molecule has 4 heteroatoms. The highest BCUT2D eigenvalue weighted by Crippen LogP contribution is 2.69. The Labute approximate surface area is 167 Å². The standard InChI is InChI=1S/C23H34BNOP/c24-27(21-12-6-2-7-13-21,22-14-8-3-9-15-22)17-16-20-18-26-23(25-20)19-10-4-1-5-11-19/h1,4-5,10-11,20-22H,2-3,6-9,12-18H2/q+1/t20-/m0/s1. The van der Waals surface area contributed by atoms with Crippen molar-refractivity contribution in [3.8, 4) is 0 Å². The molecular formula is C23H34BNOP+. The van der Waals surface area contributed by atoms with Gasteiger partial charge in [0.1, 0.15) is 6.61 Å². The van der Waals surface area contributed by atoms with Crippen LogP contribution in [0.2, 0.25) is 0 Å². The first-order valence-corrected chi connectivity index (χ1v) is 13.4. The van der Waals surface area contributed by atoms with Gasteiger partial charge >= 0.3 is 7.57 Å². The van der Waals surface area contributed by atoms with Crippen LogP contribution in [-0.4, -0.2) is 43.6 Å². The molecule has 4 rings (SSSR count). The van der Waals surface area contributed by atoms with Crippen LogP contribution in [0.15, 0.2) is 35.3 Å². The predicted molar refractivity (Wildman–Crippen MR) is 119 cm³/mol. The largest absolute Gasteiger partial charge is 0.475 e. The van der Waals surface area contributed by atoms with Gasteiger partial charge in [0.05, 0.1) is 17.4 Å². The Hall–Kier alpha value is -0.815. The lowest BCUT2D eigenvalue weighted by molar-refractivity contribution is 0.315. The summed E-state index contributed by atoms with van der Waals surface area (Å²) in [6, 6.07) is 10.6. The van der Waals surface area contributed by atoms with Crippen LogP contribution < -0.4 is 0 Å². The summed E-state index contributed by atoms with van der Waals surface area (Å²) in [5.74, 6) is 0.830. The maximum Gasteiger partial charge on any atom is 0.365 e. The summed E-state index contributed by atoms with van der Waals surface area (Å²) in [6.07, 6.45) is 16.3. The van der Waals surface area contributed by atoms with Crippen LogP contribution in [0.1, 0.15) is 76.2 Å². The third-order valence-electron chi connectivity index (χ3n) is 7.09. The summed E-state index contributed by atoms with van der Waals surface area (Å²) in [7, 11) is 6.00. The van der Waals surface area contributed by atoms with E-state index in [-0.39, 0.29) is 0 Å². The second kappa shape index (κ2) is 9.12. The van der Waals surface area contributed by atoms with Crippen molar-refractivity contribution in [1.29, 1.82) is 0 Å². The van der Waals surface area contributed by atoms with Crippen molar-refractivity contribution in [2.24, 2.45) is 4.99 Å². The van der Waals surface area contributed by atoms with Crippen molar-refractivity contribution in [1.82, 2.24) is 0 Å². The van der Waals surface area contributed by atoms with Gasteiger partial charge in [-0.1, -0.05) is 31.0 Å². The summed E-state index contributed by atoms with van der Waals surface area (Å²) < 4.78 is 5.93. The van der Waals surface area contributed by atoms with Gasteiger partial charge in [0, 0.05) is 18.1 Å². The molecule has 2 saturated carbocycles. The SMILES string of the molecule is [B][P+](CC[C@H]1COC(c2ccccc2)=N1)(C1CCCCC1)C1CCCCC1. The molecule has 27 heavy (non-hydrogen) atoms. The van der Waals surface area contributed by atoms with Gasteiger partial charge in [-0.25, -0.2) is 4.99 Å². The van der Waals surface area contributed by atoms with Crippen molar-refractivity contribution >= 4 is 20.6 Å². The summed E-state index contributed by atoms with van der Waals surface area (Å²) in [4.78, 5) is 4.91. The Balaban J connectivity index is 1.43. The summed E-state index contributed by atoms with van der Waals surface area (Å²) >= 11 is 0. The first kappa shape index (κ1) is 19.5. The van der Waals surface area contributed by atoms with Gasteiger partial charge in [0.2, 0.25) is 5.90 Å². The summed E-state index contributed by atoms with van der Waals surface area (Å²) in [6.45, 7) is 0.736. The molecule has 3 aliphatic rings. The fourth-order valence-corrected chi connectivity index (χ4v) is 10.2. The Morgan fingerprint density at radius 1 is 0.889 bits per heavy atom. The summed E-state index contributed by atoms with van der Waals surface area (Å²) in [5, 5.41) is 0. The molecule has 0 saturated heterocycles. The van der Waals surface area contributed by atoms with Crippen LogP contribution >= 0.6 is 7.14 Å². The fourth-order valence-electron chi connectivity index (χ4n) is 5.46. The average molecular weight is 382 g/mol. The molecule has 2 fully saturated rings. The number of aliphatic imine (C=N–C) groups is 1. The van der Waals surface area contributed by atoms with Crippen LogP contribution in [0.3, 0.4) is 0 Å². The quantitative estimate of drug-likeness (QED) is 0.438. The molecule has 2 aliphatic carbocycles. The first-order chi connectivity index (χ1) is 13.3. The van der Waals surface area contributed by atoms with Crippen molar-refractivity contribution in [3.05, 3.63) is 35.9 Å². The van der Waals surface area contributed by atoms with E-state index in [1.165, 1.54) is 70.4 Å². The second-order valence-corrected chi connectivity index (χ2v) is 12.8. The van der Waals surface area contributed by atoms with Crippen LogP contribution in [0.4, 0.5) is 0 Å². The smallest absolute Gasteiger partial charge is 0.365 e. The Bertz CT molecular complexity index is 605. The van der Waals surface area contributed by atoms with Gasteiger partial charge in [-0.05, 0) is 70.6 Å². The molecule has 1 aliphatic heterocycles. The number of hydrogen-bond donors (Lipinski definition) is 0. The second-order valence-electron chi connectivity index (χ2n) is 8.86. The Morgan fingerprint density at radius 3 is 2.07 bits per heavy atom. The number of nitrogens with zero attached hydrogens (tertiary/aromatic N) is 1. The first-order valence-electron chi connectivity index (χ1n) is 11.2. The van der Waals surface area contributed by atoms with Gasteiger partial charge in [0.25, 0.3) is 0 Å². The zero-order valence-electron chi connectivity index (χ0n) is 16.7. The fraction of sp³-hybridized carbons (Fsp3) is 0.696. The monoisotopic (exact) mass is 382 g/mol. The van der Waals surface area contributed by atoms with E-state index in [0.29, 0.717) is 6.04 Å². The van der Waals surface area contributed by atoms with Crippen molar-refractivity contribution in [2.45, 2.75) is 88.0 Å². The molecule has 1 atom stereocenters. The van der Waals surface area contributed by atoms with E-state index in [4.69, 9.17) is 17.3 Å². The Kier molecular flexibility index (Phi) is 6.59. The van der Waals surface area contributed by atoms with Gasteiger partial charge in [-0.15, -0.1) is 0 Å². The van der Waals surface area contributed by atoms with Gasteiger partial charge in [-0.3, -0.25) is 0 Å². The molecule has 0 N–H and O–H groups in total. The number of ether oxygens (including phenoxy) is 1. The van der Waals surface area contributed by atoms with Crippen molar-refractivity contribution in [3.63, 3.8) is 0 Å². The lowest BCUT2D eigenvalue weighted by atomic mass is 9.99. The van der Waals surface area contributed by atoms with E-state index in [2.05, 4.69) is 24.3 Å². The highest BCUT2D eigenvalue weighted by molar-refractivity contribution is 7.98. The zero-order valence-corrected chi connectivity index (χ0v) is 17.6. The van der Waals surface area contributed by atoms with E-state index < -0.39 is 7.14 Å². The number of rotatable bonds is 6. The Morgan fingerprint density at radius 2 is 1.48 bits per heavy atom. The molecule has 144 valence electrons. The zero-order chi connectivity index (χ0) is 18.5. The van der Waals surface area contributed by atoms with E-state index >= 15 is 0 Å². The van der Waals surface area contributed by atoms with Gasteiger partial charge in [-0.2, -0.15) is 0 Å². The third kappa shape index (κ3) is 4.61. The maximum absolute atomic E-state index is 7.39. The van der Waals surface area contributed by atoms with E-state index in [9.17, 15) is 0 Å². The molecule has 0 unspecified atom stereocenters. The van der Waals surface area contributed by atoms with E-state index in [1.54, 1.807) is 0 Å². The molecular weight excluding hydrogens is 348 g/mol. The minimum absolute atomic E-state index is 0.301. The molecule has 1 aromatic carbocycles. The molecule has 2 nitrogen and oxygen atoms in total. The van der Waals surface area contributed by atoms with Crippen LogP contribution in [0, 0.1) is 0 Å². The topological polar surface area (TPSA) is 21.6 Å². The molecule has 1 heterocycles. The number of benzene rings is 1. The van der Waals surface area contributed by atoms with Crippen molar-refractivity contribution in [2.75, 3.05) is 12.8 Å². The molecule has 2 radical (unpaired) electrons. The molecule has 0 spiro atoms. The molecule has 0 bridgehead atoms. The highest BCUT2D eigenvalue weighted by Gasteiger charge is 2.47. The van der Waals surface area contributed by atoms with Crippen LogP contribution in [0.25, 0.3) is 0 Å². The predicted octanol–water partition coefficient (Wildman–Crippen LogP) is 5.99. The lowest BCUT2D eigenvalue weighted by Gasteiger charge is -2.42. The van der Waals surface area contributed by atoms with E-state index in [0.717, 1.165) is 35.8 Å². The third-order valence-corrected chi connectivity index (χ3v) is 11.9. The van der Waals surface area contributed by atoms with Gasteiger partial charge in [0.15, 0.2) is 0 Å². The van der Waals surface area contributed by atoms with Gasteiger partial charge < -0.3 is 4.74 Å². The molecule has 1 aromatic rings. The average Bonchev–Trinajstić information content (AvgIpc) is 3.23. The normalized spacial score (nSPS) is 25.2. The molecule has 0 aromatic heterocycles. The van der Waals surface area contributed by atoms with E-state index in [1.807, 2.05) is 6.07 Å². The minimum atomic E-state index is -1.39. The summed E-state index contributed by atoms with van der Waals surface area (Å²) in [5.41, 5.74) is 2.76. The van der Waals surface area contributed by atoms with Crippen LogP contribution in [0.5, 0.6) is 0 Å². The maximum atomic E-state index is 7.39. The minimum Gasteiger partial charge on any atom is -0.475 e. The van der Waals surface area contributed by atoms with Crippen LogP contribution in [-0.2, 0) is 4.74 Å². The van der Waals surface area contributed by atoms with Crippen molar-refractivity contribution < 1.29 is 4.74 Å². The lowest BCUT2D eigenvalue weighted by Crippen LogP contribution is -2.31. The number of hydrogen-bond acceptors (Lipinski definition) is 2. The molecule has 0 amide bonds. The highest BCUT2D eigenvalue weighted by atomic mass is 31.2.